The van der Waals surface area contributed by atoms with E-state index in [4.69, 9.17) is 11.6 Å². The van der Waals surface area contributed by atoms with Crippen LogP contribution in [0.2, 0.25) is 5.15 Å². The first-order chi connectivity index (χ1) is 6.09. The van der Waals surface area contributed by atoms with Crippen molar-refractivity contribution in [3.63, 3.8) is 0 Å². The fourth-order valence-electron chi connectivity index (χ4n) is 1.33. The Labute approximate surface area is 88.7 Å². The number of aromatic amines is 1. The van der Waals surface area contributed by atoms with E-state index in [1.54, 1.807) is 0 Å². The van der Waals surface area contributed by atoms with E-state index in [1.807, 2.05) is 13.8 Å². The van der Waals surface area contributed by atoms with Crippen LogP contribution in [0.4, 0.5) is 0 Å². The highest BCUT2D eigenvalue weighted by Gasteiger charge is 2.11. The van der Waals surface area contributed by atoms with Crippen LogP contribution >= 0.6 is 27.5 Å². The maximum Gasteiger partial charge on any atom is 0.143 e. The van der Waals surface area contributed by atoms with Crippen LogP contribution in [-0.2, 0) is 0 Å². The monoisotopic (exact) mass is 259 g/mol. The average Bonchev–Trinajstić information content (AvgIpc) is 2.27. The van der Waals surface area contributed by atoms with E-state index in [-0.39, 0.29) is 0 Å². The minimum Gasteiger partial charge on any atom is -0.329 e. The number of halogens is 2. The molecule has 0 saturated carbocycles. The Balaban J connectivity index is 2.94. The quantitative estimate of drug-likeness (QED) is 0.791. The molecule has 0 atom stereocenters. The van der Waals surface area contributed by atoms with Gasteiger partial charge in [-0.1, -0.05) is 11.6 Å². The van der Waals surface area contributed by atoms with E-state index in [1.165, 1.54) is 0 Å². The Kier molecular flexibility index (Phi) is 2.04. The second-order valence-electron chi connectivity index (χ2n) is 2.83. The molecule has 0 saturated heterocycles. The van der Waals surface area contributed by atoms with Crippen LogP contribution in [0.15, 0.2) is 4.47 Å². The van der Waals surface area contributed by atoms with Crippen LogP contribution in [0.1, 0.15) is 11.5 Å². The fourth-order valence-corrected chi connectivity index (χ4v) is 2.09. The summed E-state index contributed by atoms with van der Waals surface area (Å²) in [6, 6.07) is 0. The summed E-state index contributed by atoms with van der Waals surface area (Å²) >= 11 is 9.29. The van der Waals surface area contributed by atoms with Crippen LogP contribution in [0.3, 0.4) is 0 Å². The molecule has 0 aliphatic carbocycles. The van der Waals surface area contributed by atoms with Crippen molar-refractivity contribution in [2.75, 3.05) is 0 Å². The van der Waals surface area contributed by atoms with Crippen molar-refractivity contribution >= 4 is 38.6 Å². The van der Waals surface area contributed by atoms with Crippen molar-refractivity contribution in [3.05, 3.63) is 21.1 Å². The van der Waals surface area contributed by atoms with E-state index in [0.29, 0.717) is 5.15 Å². The number of nitrogens with zero attached hydrogens (tertiary/aromatic N) is 2. The zero-order chi connectivity index (χ0) is 9.59. The van der Waals surface area contributed by atoms with Gasteiger partial charge >= 0.3 is 0 Å². The molecule has 0 radical (unpaired) electrons. The van der Waals surface area contributed by atoms with Crippen molar-refractivity contribution in [2.45, 2.75) is 13.8 Å². The lowest BCUT2D eigenvalue weighted by Crippen LogP contribution is -1.91. The largest absolute Gasteiger partial charge is 0.329 e. The van der Waals surface area contributed by atoms with Crippen molar-refractivity contribution in [1.29, 1.82) is 0 Å². The number of fused-ring (bicyclic) bond motifs is 1. The normalized spacial score (nSPS) is 11.1. The number of hydrogen-bond donors (Lipinski definition) is 1. The van der Waals surface area contributed by atoms with Gasteiger partial charge in [-0.15, -0.1) is 0 Å². The molecule has 2 aromatic heterocycles. The van der Waals surface area contributed by atoms with Crippen LogP contribution in [0.25, 0.3) is 11.0 Å². The van der Waals surface area contributed by atoms with Crippen LogP contribution < -0.4 is 0 Å². The molecule has 3 nitrogen and oxygen atoms in total. The van der Waals surface area contributed by atoms with Gasteiger partial charge in [-0.05, 0) is 29.8 Å². The predicted molar refractivity (Wildman–Crippen MR) is 56.1 cm³/mol. The van der Waals surface area contributed by atoms with Gasteiger partial charge in [0.1, 0.15) is 16.6 Å². The van der Waals surface area contributed by atoms with Crippen molar-refractivity contribution in [2.24, 2.45) is 0 Å². The summed E-state index contributed by atoms with van der Waals surface area (Å²) in [7, 11) is 0. The molecular weight excluding hydrogens is 253 g/mol. The van der Waals surface area contributed by atoms with E-state index < -0.39 is 0 Å². The van der Waals surface area contributed by atoms with Crippen molar-refractivity contribution in [3.8, 4) is 0 Å². The standard InChI is InChI=1S/C8H7BrClN3/c1-3-5-6(9)7(10)13-8(5)12-4(2)11-3/h1-2H3,(H,11,12,13). The predicted octanol–water partition coefficient (Wildman–Crippen LogP) is 2.99. The van der Waals surface area contributed by atoms with E-state index in [0.717, 1.165) is 27.0 Å². The van der Waals surface area contributed by atoms with E-state index >= 15 is 0 Å². The van der Waals surface area contributed by atoms with Gasteiger partial charge in [-0.25, -0.2) is 9.97 Å². The van der Waals surface area contributed by atoms with Gasteiger partial charge in [0.25, 0.3) is 0 Å². The Hall–Kier alpha value is -0.610. The second-order valence-corrected chi connectivity index (χ2v) is 4.00. The zero-order valence-corrected chi connectivity index (χ0v) is 9.49. The maximum atomic E-state index is 5.91. The minimum absolute atomic E-state index is 0.568. The molecule has 0 fully saturated rings. The second kappa shape index (κ2) is 2.96. The summed E-state index contributed by atoms with van der Waals surface area (Å²) in [5.41, 5.74) is 1.71. The van der Waals surface area contributed by atoms with Gasteiger partial charge in [-0.3, -0.25) is 0 Å². The Morgan fingerprint density at radius 2 is 2.00 bits per heavy atom. The van der Waals surface area contributed by atoms with E-state index in [9.17, 15) is 0 Å². The first kappa shape index (κ1) is 8.97. The summed E-state index contributed by atoms with van der Waals surface area (Å²) in [6.45, 7) is 3.79. The molecule has 0 aliphatic rings. The first-order valence-electron chi connectivity index (χ1n) is 3.77. The highest BCUT2D eigenvalue weighted by atomic mass is 79.9. The van der Waals surface area contributed by atoms with Crippen LogP contribution in [0, 0.1) is 13.8 Å². The van der Waals surface area contributed by atoms with Gasteiger partial charge in [0, 0.05) is 0 Å². The maximum absolute atomic E-state index is 5.91. The lowest BCUT2D eigenvalue weighted by atomic mass is 10.3. The zero-order valence-electron chi connectivity index (χ0n) is 7.15. The molecule has 0 unspecified atom stereocenters. The Morgan fingerprint density at radius 3 is 2.69 bits per heavy atom. The number of aromatic nitrogens is 3. The molecule has 0 aliphatic heterocycles. The molecule has 0 bridgehead atoms. The molecule has 1 N–H and O–H groups in total. The molecule has 68 valence electrons. The molecule has 2 heterocycles. The molecule has 2 rings (SSSR count). The highest BCUT2D eigenvalue weighted by Crippen LogP contribution is 2.31. The Morgan fingerprint density at radius 1 is 1.31 bits per heavy atom. The van der Waals surface area contributed by atoms with Crippen molar-refractivity contribution in [1.82, 2.24) is 15.0 Å². The third-order valence-electron chi connectivity index (χ3n) is 1.84. The SMILES string of the molecule is Cc1nc(C)c2c(Br)c(Cl)[nH]c2n1. The summed E-state index contributed by atoms with van der Waals surface area (Å²) < 4.78 is 0.835. The lowest BCUT2D eigenvalue weighted by Gasteiger charge is -1.96. The average molecular weight is 261 g/mol. The summed E-state index contributed by atoms with van der Waals surface area (Å²) in [4.78, 5) is 11.5. The third kappa shape index (κ3) is 1.34. The molecule has 0 aromatic carbocycles. The van der Waals surface area contributed by atoms with Crippen LogP contribution in [0.5, 0.6) is 0 Å². The molecule has 5 heteroatoms. The molecule has 13 heavy (non-hydrogen) atoms. The first-order valence-corrected chi connectivity index (χ1v) is 4.94. The number of H-pyrrole nitrogens is 1. The molecule has 0 spiro atoms. The molecular formula is C8H7BrClN3. The number of hydrogen-bond acceptors (Lipinski definition) is 2. The molecule has 2 aromatic rings. The highest BCUT2D eigenvalue weighted by molar-refractivity contribution is 9.10. The van der Waals surface area contributed by atoms with Gasteiger partial charge in [0.2, 0.25) is 0 Å². The van der Waals surface area contributed by atoms with Gasteiger partial charge in [-0.2, -0.15) is 0 Å². The van der Waals surface area contributed by atoms with Crippen molar-refractivity contribution < 1.29 is 0 Å². The summed E-state index contributed by atoms with van der Waals surface area (Å²) in [5, 5.41) is 1.52. The number of aryl methyl sites for hydroxylation is 2. The molecule has 0 amide bonds. The summed E-state index contributed by atoms with van der Waals surface area (Å²) in [6.07, 6.45) is 0. The van der Waals surface area contributed by atoms with Gasteiger partial charge in [0.05, 0.1) is 15.6 Å². The van der Waals surface area contributed by atoms with E-state index in [2.05, 4.69) is 30.9 Å². The lowest BCUT2D eigenvalue weighted by molar-refractivity contribution is 1.04. The minimum atomic E-state index is 0.568. The smallest absolute Gasteiger partial charge is 0.143 e. The third-order valence-corrected chi connectivity index (χ3v) is 3.15. The van der Waals surface area contributed by atoms with Crippen LogP contribution in [-0.4, -0.2) is 15.0 Å². The number of rotatable bonds is 0. The van der Waals surface area contributed by atoms with Gasteiger partial charge < -0.3 is 4.98 Å². The fraction of sp³-hybridized carbons (Fsp3) is 0.250. The Bertz CT molecular complexity index is 478. The van der Waals surface area contributed by atoms with Gasteiger partial charge in [0.15, 0.2) is 0 Å². The summed E-state index contributed by atoms with van der Waals surface area (Å²) in [5.74, 6) is 0.746. The number of nitrogens with one attached hydrogen (secondary N) is 1. The topological polar surface area (TPSA) is 41.6 Å².